The van der Waals surface area contributed by atoms with E-state index in [0.717, 1.165) is 24.1 Å². The van der Waals surface area contributed by atoms with Crippen molar-refractivity contribution >= 4 is 5.69 Å². The van der Waals surface area contributed by atoms with E-state index in [-0.39, 0.29) is 24.0 Å². The van der Waals surface area contributed by atoms with Crippen molar-refractivity contribution in [3.63, 3.8) is 0 Å². The highest BCUT2D eigenvalue weighted by Crippen LogP contribution is 2.43. The standard InChI is InChI=1S/C23H22FN3O4/c1-29-20-9-15-7-8-26-18-11-25-27(12-14-3-5-16(24)6-4-14)23(28)22(18)31-13-19(26)17(15)10-21(20)30-2/h3-6,9-11,19H,7-8,12-13H2,1-2H3. The van der Waals surface area contributed by atoms with Gasteiger partial charge < -0.3 is 19.1 Å². The van der Waals surface area contributed by atoms with Gasteiger partial charge in [-0.15, -0.1) is 0 Å². The maximum absolute atomic E-state index is 13.2. The van der Waals surface area contributed by atoms with Crippen molar-refractivity contribution in [3.05, 3.63) is 75.5 Å². The zero-order valence-corrected chi connectivity index (χ0v) is 17.3. The molecule has 0 aliphatic carbocycles. The van der Waals surface area contributed by atoms with Gasteiger partial charge in [-0.25, -0.2) is 9.07 Å². The molecule has 0 N–H and O–H groups in total. The van der Waals surface area contributed by atoms with Crippen molar-refractivity contribution in [3.8, 4) is 17.2 Å². The monoisotopic (exact) mass is 423 g/mol. The number of aromatic nitrogens is 2. The summed E-state index contributed by atoms with van der Waals surface area (Å²) in [5.41, 5.74) is 3.47. The van der Waals surface area contributed by atoms with E-state index in [9.17, 15) is 9.18 Å². The van der Waals surface area contributed by atoms with E-state index in [1.807, 2.05) is 12.1 Å². The van der Waals surface area contributed by atoms with Gasteiger partial charge in [-0.2, -0.15) is 5.10 Å². The average molecular weight is 423 g/mol. The van der Waals surface area contributed by atoms with Crippen LogP contribution >= 0.6 is 0 Å². The first-order chi connectivity index (χ1) is 15.1. The molecule has 0 radical (unpaired) electrons. The van der Waals surface area contributed by atoms with Crippen molar-refractivity contribution in [2.75, 3.05) is 32.3 Å². The molecule has 3 heterocycles. The first-order valence-corrected chi connectivity index (χ1v) is 10.1. The number of ether oxygens (including phenoxy) is 3. The number of nitrogens with zero attached hydrogens (tertiary/aromatic N) is 3. The fourth-order valence-electron chi connectivity index (χ4n) is 4.34. The SMILES string of the molecule is COc1cc2c(cc1OC)C1COc3c(cnn(Cc4ccc(F)cc4)c3=O)N1CC2. The molecule has 0 saturated carbocycles. The number of fused-ring (bicyclic) bond motifs is 5. The largest absolute Gasteiger partial charge is 0.493 e. The quantitative estimate of drug-likeness (QED) is 0.643. The molecule has 1 unspecified atom stereocenters. The van der Waals surface area contributed by atoms with Crippen LogP contribution in [-0.4, -0.2) is 37.2 Å². The van der Waals surface area contributed by atoms with Gasteiger partial charge in [0.25, 0.3) is 0 Å². The van der Waals surface area contributed by atoms with Crippen LogP contribution in [0.2, 0.25) is 0 Å². The Morgan fingerprint density at radius 2 is 1.90 bits per heavy atom. The summed E-state index contributed by atoms with van der Waals surface area (Å²) < 4.78 is 31.4. The number of hydrogen-bond donors (Lipinski definition) is 0. The molecular formula is C23H22FN3O4. The van der Waals surface area contributed by atoms with Crippen LogP contribution in [0, 0.1) is 5.82 Å². The highest BCUT2D eigenvalue weighted by atomic mass is 19.1. The molecule has 2 aromatic carbocycles. The number of hydrogen-bond acceptors (Lipinski definition) is 6. The lowest BCUT2D eigenvalue weighted by molar-refractivity contribution is 0.251. The summed E-state index contributed by atoms with van der Waals surface area (Å²) in [5.74, 6) is 1.36. The van der Waals surface area contributed by atoms with Gasteiger partial charge >= 0.3 is 5.56 Å². The predicted molar refractivity (Wildman–Crippen MR) is 113 cm³/mol. The topological polar surface area (TPSA) is 65.8 Å². The molecule has 0 saturated heterocycles. The molecule has 0 fully saturated rings. The maximum Gasteiger partial charge on any atom is 0.311 e. The van der Waals surface area contributed by atoms with Gasteiger partial charge in [0.1, 0.15) is 18.1 Å². The van der Waals surface area contributed by atoms with Gasteiger partial charge in [0, 0.05) is 6.54 Å². The van der Waals surface area contributed by atoms with Gasteiger partial charge in [-0.05, 0) is 47.4 Å². The van der Waals surface area contributed by atoms with Gasteiger partial charge in [-0.1, -0.05) is 12.1 Å². The molecule has 7 nitrogen and oxygen atoms in total. The molecule has 31 heavy (non-hydrogen) atoms. The van der Waals surface area contributed by atoms with Crippen LogP contribution < -0.4 is 24.7 Å². The molecule has 1 atom stereocenters. The summed E-state index contributed by atoms with van der Waals surface area (Å²) in [6.07, 6.45) is 2.49. The predicted octanol–water partition coefficient (Wildman–Crippen LogP) is 2.94. The molecule has 2 aliphatic rings. The molecule has 3 aromatic rings. The first kappa shape index (κ1) is 19.4. The van der Waals surface area contributed by atoms with Crippen LogP contribution in [0.4, 0.5) is 10.1 Å². The lowest BCUT2D eigenvalue weighted by Gasteiger charge is -2.42. The lowest BCUT2D eigenvalue weighted by atomic mass is 9.91. The summed E-state index contributed by atoms with van der Waals surface area (Å²) in [5, 5.41) is 4.36. The molecule has 0 bridgehead atoms. The second-order valence-corrected chi connectivity index (χ2v) is 7.62. The third-order valence-corrected chi connectivity index (χ3v) is 5.92. The minimum Gasteiger partial charge on any atom is -0.493 e. The second kappa shape index (κ2) is 7.61. The molecular weight excluding hydrogens is 401 g/mol. The van der Waals surface area contributed by atoms with Crippen molar-refractivity contribution in [1.82, 2.24) is 9.78 Å². The van der Waals surface area contributed by atoms with Crippen molar-refractivity contribution in [2.45, 2.75) is 19.0 Å². The third kappa shape index (κ3) is 3.28. The zero-order valence-electron chi connectivity index (χ0n) is 17.3. The van der Waals surface area contributed by atoms with Gasteiger partial charge in [0.2, 0.25) is 5.75 Å². The summed E-state index contributed by atoms with van der Waals surface area (Å²) in [6, 6.07) is 9.99. The van der Waals surface area contributed by atoms with E-state index >= 15 is 0 Å². The highest BCUT2D eigenvalue weighted by molar-refractivity contribution is 5.62. The number of halogens is 1. The van der Waals surface area contributed by atoms with Gasteiger partial charge in [0.05, 0.1) is 33.0 Å². The Balaban J connectivity index is 1.48. The molecule has 0 spiro atoms. The zero-order chi connectivity index (χ0) is 21.5. The fraction of sp³-hybridized carbons (Fsp3) is 0.304. The van der Waals surface area contributed by atoms with Crippen LogP contribution in [0.3, 0.4) is 0 Å². The van der Waals surface area contributed by atoms with Gasteiger partial charge in [0.15, 0.2) is 11.5 Å². The molecule has 160 valence electrons. The van der Waals surface area contributed by atoms with Crippen LogP contribution in [0.5, 0.6) is 17.2 Å². The Bertz CT molecular complexity index is 1190. The Labute approximate surface area is 178 Å². The van der Waals surface area contributed by atoms with Gasteiger partial charge in [-0.3, -0.25) is 4.79 Å². The summed E-state index contributed by atoms with van der Waals surface area (Å²) in [7, 11) is 3.24. The summed E-state index contributed by atoms with van der Waals surface area (Å²) in [4.78, 5) is 15.2. The molecule has 5 rings (SSSR count). The number of benzene rings is 2. The van der Waals surface area contributed by atoms with Crippen molar-refractivity contribution in [2.24, 2.45) is 0 Å². The summed E-state index contributed by atoms with van der Waals surface area (Å²) in [6.45, 7) is 1.34. The Morgan fingerprint density at radius 1 is 1.16 bits per heavy atom. The van der Waals surface area contributed by atoms with Crippen molar-refractivity contribution < 1.29 is 18.6 Å². The van der Waals surface area contributed by atoms with E-state index in [0.29, 0.717) is 29.5 Å². The maximum atomic E-state index is 13.2. The smallest absolute Gasteiger partial charge is 0.311 e. The van der Waals surface area contributed by atoms with Crippen LogP contribution in [0.25, 0.3) is 0 Å². The third-order valence-electron chi connectivity index (χ3n) is 5.92. The number of anilines is 1. The van der Waals surface area contributed by atoms with Crippen LogP contribution in [0.15, 0.2) is 47.4 Å². The minimum absolute atomic E-state index is 0.0368. The summed E-state index contributed by atoms with van der Waals surface area (Å²) >= 11 is 0. The normalized spacial score (nSPS) is 16.6. The Morgan fingerprint density at radius 3 is 2.65 bits per heavy atom. The van der Waals surface area contributed by atoms with E-state index in [2.05, 4.69) is 10.00 Å². The van der Waals surface area contributed by atoms with Crippen LogP contribution in [0.1, 0.15) is 22.7 Å². The lowest BCUT2D eigenvalue weighted by Crippen LogP contribution is -2.44. The second-order valence-electron chi connectivity index (χ2n) is 7.62. The first-order valence-electron chi connectivity index (χ1n) is 10.1. The minimum atomic E-state index is -0.316. The molecule has 1 aromatic heterocycles. The van der Waals surface area contributed by atoms with E-state index < -0.39 is 0 Å². The molecule has 8 heteroatoms. The highest BCUT2D eigenvalue weighted by Gasteiger charge is 2.36. The number of rotatable bonds is 4. The average Bonchev–Trinajstić information content (AvgIpc) is 2.80. The van der Waals surface area contributed by atoms with E-state index in [1.54, 1.807) is 32.5 Å². The van der Waals surface area contributed by atoms with E-state index in [4.69, 9.17) is 14.2 Å². The Kier molecular flexibility index (Phi) is 4.77. The number of methoxy groups -OCH3 is 2. The fourth-order valence-corrected chi connectivity index (χ4v) is 4.34. The Hall–Kier alpha value is -3.55. The van der Waals surface area contributed by atoms with E-state index in [1.165, 1.54) is 22.4 Å². The molecule has 2 aliphatic heterocycles. The molecule has 0 amide bonds. The van der Waals surface area contributed by atoms with Crippen LogP contribution in [-0.2, 0) is 13.0 Å². The van der Waals surface area contributed by atoms with Crippen molar-refractivity contribution in [1.29, 1.82) is 0 Å².